The maximum atomic E-state index is 11.6. The Labute approximate surface area is 106 Å². The predicted octanol–water partition coefficient (Wildman–Crippen LogP) is 0.169. The highest BCUT2D eigenvalue weighted by Crippen LogP contribution is 2.10. The second-order valence-electron chi connectivity index (χ2n) is 4.01. The largest absolute Gasteiger partial charge is 0.394 e. The summed E-state index contributed by atoms with van der Waals surface area (Å²) >= 11 is 0. The van der Waals surface area contributed by atoms with Gasteiger partial charge >= 0.3 is 0 Å². The van der Waals surface area contributed by atoms with Crippen molar-refractivity contribution < 1.29 is 18.3 Å². The SMILES string of the molecule is CC(CO)NC(=O)c1ccc(NS(C)(=O)=O)cc1. The summed E-state index contributed by atoms with van der Waals surface area (Å²) in [5, 5.41) is 11.4. The van der Waals surface area contributed by atoms with E-state index in [1.54, 1.807) is 6.92 Å². The summed E-state index contributed by atoms with van der Waals surface area (Å²) in [6.45, 7) is 1.54. The molecule has 18 heavy (non-hydrogen) atoms. The summed E-state index contributed by atoms with van der Waals surface area (Å²) in [5.41, 5.74) is 0.790. The van der Waals surface area contributed by atoms with E-state index in [4.69, 9.17) is 5.11 Å². The first-order valence-electron chi connectivity index (χ1n) is 5.31. The molecule has 0 aliphatic heterocycles. The second kappa shape index (κ2) is 5.83. The molecule has 100 valence electrons. The van der Waals surface area contributed by atoms with Crippen molar-refractivity contribution in [2.45, 2.75) is 13.0 Å². The minimum absolute atomic E-state index is 0.139. The standard InChI is InChI=1S/C11H16N2O4S/c1-8(7-14)12-11(15)9-3-5-10(6-4-9)13-18(2,16)17/h3-6,8,13-14H,7H2,1-2H3,(H,12,15). The van der Waals surface area contributed by atoms with Crippen molar-refractivity contribution in [1.82, 2.24) is 5.32 Å². The molecule has 0 spiro atoms. The lowest BCUT2D eigenvalue weighted by molar-refractivity contribution is 0.0922. The first-order chi connectivity index (χ1) is 8.31. The first kappa shape index (κ1) is 14.5. The summed E-state index contributed by atoms with van der Waals surface area (Å²) in [7, 11) is -3.32. The van der Waals surface area contributed by atoms with E-state index in [1.165, 1.54) is 24.3 Å². The van der Waals surface area contributed by atoms with E-state index >= 15 is 0 Å². The molecule has 1 rings (SSSR count). The highest BCUT2D eigenvalue weighted by Gasteiger charge is 2.09. The number of carbonyl (C=O) groups is 1. The number of sulfonamides is 1. The third-order valence-electron chi connectivity index (χ3n) is 2.10. The first-order valence-corrected chi connectivity index (χ1v) is 7.20. The van der Waals surface area contributed by atoms with Gasteiger partial charge in [0, 0.05) is 17.3 Å². The van der Waals surface area contributed by atoms with Crippen molar-refractivity contribution in [3.8, 4) is 0 Å². The van der Waals surface area contributed by atoms with Crippen molar-refractivity contribution in [2.75, 3.05) is 17.6 Å². The quantitative estimate of drug-likeness (QED) is 0.712. The fourth-order valence-corrected chi connectivity index (χ4v) is 1.82. The molecule has 0 aliphatic rings. The monoisotopic (exact) mass is 272 g/mol. The Hall–Kier alpha value is -1.60. The lowest BCUT2D eigenvalue weighted by atomic mass is 10.2. The van der Waals surface area contributed by atoms with Crippen LogP contribution in [-0.2, 0) is 10.0 Å². The van der Waals surface area contributed by atoms with Crippen LogP contribution in [0.4, 0.5) is 5.69 Å². The number of aliphatic hydroxyl groups is 1. The Kier molecular flexibility index (Phi) is 4.69. The van der Waals surface area contributed by atoms with Gasteiger partial charge in [0.25, 0.3) is 5.91 Å². The molecule has 6 nitrogen and oxygen atoms in total. The molecule has 0 radical (unpaired) electrons. The third-order valence-corrected chi connectivity index (χ3v) is 2.71. The minimum atomic E-state index is -3.32. The van der Waals surface area contributed by atoms with Gasteiger partial charge in [-0.1, -0.05) is 0 Å². The highest BCUT2D eigenvalue weighted by molar-refractivity contribution is 7.92. The average Bonchev–Trinajstić information content (AvgIpc) is 2.27. The molecule has 0 fully saturated rings. The van der Waals surface area contributed by atoms with E-state index < -0.39 is 10.0 Å². The fraction of sp³-hybridized carbons (Fsp3) is 0.364. The van der Waals surface area contributed by atoms with E-state index in [-0.39, 0.29) is 18.6 Å². The van der Waals surface area contributed by atoms with E-state index in [0.717, 1.165) is 6.26 Å². The van der Waals surface area contributed by atoms with E-state index in [2.05, 4.69) is 10.0 Å². The van der Waals surface area contributed by atoms with Crippen LogP contribution in [0, 0.1) is 0 Å². The number of amides is 1. The van der Waals surface area contributed by atoms with Gasteiger partial charge in [-0.15, -0.1) is 0 Å². The molecule has 0 heterocycles. The molecule has 1 aromatic rings. The topological polar surface area (TPSA) is 95.5 Å². The molecule has 0 saturated carbocycles. The molecule has 1 atom stereocenters. The molecule has 1 aromatic carbocycles. The minimum Gasteiger partial charge on any atom is -0.394 e. The number of carbonyl (C=O) groups excluding carboxylic acids is 1. The van der Waals surface area contributed by atoms with Gasteiger partial charge in [-0.25, -0.2) is 8.42 Å². The summed E-state index contributed by atoms with van der Waals surface area (Å²) in [6.07, 6.45) is 1.05. The van der Waals surface area contributed by atoms with Gasteiger partial charge in [-0.3, -0.25) is 9.52 Å². The second-order valence-corrected chi connectivity index (χ2v) is 5.76. The number of nitrogens with one attached hydrogen (secondary N) is 2. The molecule has 7 heteroatoms. The van der Waals surface area contributed by atoms with E-state index in [0.29, 0.717) is 11.3 Å². The Bertz CT molecular complexity index is 510. The molecule has 0 aromatic heterocycles. The van der Waals surface area contributed by atoms with Crippen LogP contribution in [0.5, 0.6) is 0 Å². The Morgan fingerprint density at radius 1 is 1.33 bits per heavy atom. The number of hydrogen-bond acceptors (Lipinski definition) is 4. The number of rotatable bonds is 5. The van der Waals surface area contributed by atoms with Gasteiger partial charge in [0.05, 0.1) is 12.9 Å². The molecule has 3 N–H and O–H groups in total. The van der Waals surface area contributed by atoms with Gasteiger partial charge in [0.2, 0.25) is 10.0 Å². The Balaban J connectivity index is 2.74. The van der Waals surface area contributed by atoms with Crippen LogP contribution in [0.3, 0.4) is 0 Å². The lowest BCUT2D eigenvalue weighted by Crippen LogP contribution is -2.34. The van der Waals surface area contributed by atoms with Gasteiger partial charge < -0.3 is 10.4 Å². The summed E-state index contributed by atoms with van der Waals surface area (Å²) < 4.78 is 24.3. The van der Waals surface area contributed by atoms with Crippen molar-refractivity contribution >= 4 is 21.6 Å². The Morgan fingerprint density at radius 2 is 1.89 bits per heavy atom. The zero-order chi connectivity index (χ0) is 13.8. The summed E-state index contributed by atoms with van der Waals surface area (Å²) in [6, 6.07) is 5.69. The molecular formula is C11H16N2O4S. The third kappa shape index (κ3) is 4.72. The Morgan fingerprint density at radius 3 is 2.33 bits per heavy atom. The smallest absolute Gasteiger partial charge is 0.251 e. The van der Waals surface area contributed by atoms with Crippen LogP contribution in [0.1, 0.15) is 17.3 Å². The van der Waals surface area contributed by atoms with Gasteiger partial charge in [-0.2, -0.15) is 0 Å². The maximum absolute atomic E-state index is 11.6. The van der Waals surface area contributed by atoms with E-state index in [9.17, 15) is 13.2 Å². The van der Waals surface area contributed by atoms with E-state index in [1.807, 2.05) is 0 Å². The number of aliphatic hydroxyl groups excluding tert-OH is 1. The van der Waals surface area contributed by atoms with Crippen LogP contribution in [-0.4, -0.2) is 38.3 Å². The maximum Gasteiger partial charge on any atom is 0.251 e. The van der Waals surface area contributed by atoms with Crippen molar-refractivity contribution in [3.05, 3.63) is 29.8 Å². The highest BCUT2D eigenvalue weighted by atomic mass is 32.2. The van der Waals surface area contributed by atoms with Crippen LogP contribution in [0.15, 0.2) is 24.3 Å². The van der Waals surface area contributed by atoms with Crippen LogP contribution >= 0.6 is 0 Å². The summed E-state index contributed by atoms with van der Waals surface area (Å²) in [5.74, 6) is -0.317. The molecule has 0 saturated heterocycles. The predicted molar refractivity (Wildman–Crippen MR) is 68.9 cm³/mol. The zero-order valence-corrected chi connectivity index (χ0v) is 11.0. The van der Waals surface area contributed by atoms with Crippen LogP contribution in [0.2, 0.25) is 0 Å². The van der Waals surface area contributed by atoms with Crippen molar-refractivity contribution in [1.29, 1.82) is 0 Å². The molecule has 0 bridgehead atoms. The molecule has 1 unspecified atom stereocenters. The lowest BCUT2D eigenvalue weighted by Gasteiger charge is -2.11. The van der Waals surface area contributed by atoms with Crippen LogP contribution < -0.4 is 10.0 Å². The van der Waals surface area contributed by atoms with Gasteiger partial charge in [0.1, 0.15) is 0 Å². The van der Waals surface area contributed by atoms with Gasteiger partial charge in [-0.05, 0) is 31.2 Å². The molecule has 0 aliphatic carbocycles. The molecule has 1 amide bonds. The number of benzene rings is 1. The zero-order valence-electron chi connectivity index (χ0n) is 10.2. The normalized spacial score (nSPS) is 12.8. The van der Waals surface area contributed by atoms with Crippen molar-refractivity contribution in [3.63, 3.8) is 0 Å². The van der Waals surface area contributed by atoms with Gasteiger partial charge in [0.15, 0.2) is 0 Å². The fourth-order valence-electron chi connectivity index (χ4n) is 1.26. The number of anilines is 1. The van der Waals surface area contributed by atoms with Crippen LogP contribution in [0.25, 0.3) is 0 Å². The van der Waals surface area contributed by atoms with Crippen molar-refractivity contribution in [2.24, 2.45) is 0 Å². The molecular weight excluding hydrogens is 256 g/mol. The average molecular weight is 272 g/mol. The number of hydrogen-bond donors (Lipinski definition) is 3. The summed E-state index contributed by atoms with van der Waals surface area (Å²) in [4.78, 5) is 11.6.